The molecule has 3 aromatic heterocycles. The topological polar surface area (TPSA) is 106 Å². The van der Waals surface area contributed by atoms with E-state index in [2.05, 4.69) is 20.5 Å². The van der Waals surface area contributed by atoms with E-state index in [0.717, 1.165) is 17.1 Å². The highest BCUT2D eigenvalue weighted by Gasteiger charge is 2.42. The normalized spacial score (nSPS) is 19.1. The number of halogens is 5. The number of rotatable bonds is 3. The first-order valence-corrected chi connectivity index (χ1v) is 9.10. The number of carbonyl (C=O) groups is 1. The lowest BCUT2D eigenvalue weighted by atomic mass is 10.0. The van der Waals surface area contributed by atoms with Crippen LogP contribution in [0.4, 0.5) is 33.5 Å². The van der Waals surface area contributed by atoms with Crippen molar-refractivity contribution in [3.8, 4) is 0 Å². The van der Waals surface area contributed by atoms with Crippen LogP contribution in [0.25, 0.3) is 5.65 Å². The lowest BCUT2D eigenvalue weighted by Crippen LogP contribution is -2.55. The first-order chi connectivity index (χ1) is 14.5. The highest BCUT2D eigenvalue weighted by Crippen LogP contribution is 2.34. The molecule has 1 aliphatic heterocycles. The van der Waals surface area contributed by atoms with Gasteiger partial charge in [-0.2, -0.15) is 23.4 Å². The summed E-state index contributed by atoms with van der Waals surface area (Å²) in [5, 5.41) is 9.48. The monoisotopic (exact) mass is 444 g/mol. The molecule has 0 radical (unpaired) electrons. The molecule has 0 aliphatic carbocycles. The third-order valence-corrected chi connectivity index (χ3v) is 4.94. The number of nitrogens with zero attached hydrogens (tertiary/aromatic N) is 6. The first-order valence-electron chi connectivity index (χ1n) is 9.10. The van der Waals surface area contributed by atoms with Gasteiger partial charge in [0.2, 0.25) is 0 Å². The van der Waals surface area contributed by atoms with Crippen molar-refractivity contribution in [3.05, 3.63) is 35.9 Å². The highest BCUT2D eigenvalue weighted by atomic mass is 19.4. The Kier molecular flexibility index (Phi) is 4.83. The number of aryl methyl sites for hydroxylation is 1. The number of amides is 1. The highest BCUT2D eigenvalue weighted by molar-refractivity contribution is 6.08. The van der Waals surface area contributed by atoms with Gasteiger partial charge in [0.25, 0.3) is 11.8 Å². The minimum atomic E-state index is -4.76. The number of alkyl halides is 5. The summed E-state index contributed by atoms with van der Waals surface area (Å²) in [6.45, 7) is -0.138. The van der Waals surface area contributed by atoms with E-state index in [1.54, 1.807) is 4.90 Å². The van der Waals surface area contributed by atoms with Gasteiger partial charge in [0.15, 0.2) is 11.3 Å². The maximum Gasteiger partial charge on any atom is 0.437 e. The van der Waals surface area contributed by atoms with Gasteiger partial charge in [-0.25, -0.2) is 18.3 Å². The molecular formula is C17H17F5N8O. The largest absolute Gasteiger partial charge is 0.437 e. The van der Waals surface area contributed by atoms with E-state index in [9.17, 15) is 26.7 Å². The Morgan fingerprint density at radius 3 is 2.77 bits per heavy atom. The molecule has 3 N–H and O–H groups in total. The molecule has 31 heavy (non-hydrogen) atoms. The molecule has 0 unspecified atom stereocenters. The molecule has 0 bridgehead atoms. The lowest BCUT2D eigenvalue weighted by molar-refractivity contribution is -0.140. The van der Waals surface area contributed by atoms with Gasteiger partial charge in [-0.05, 0) is 6.07 Å². The van der Waals surface area contributed by atoms with Crippen molar-refractivity contribution < 1.29 is 26.7 Å². The molecule has 9 nitrogen and oxygen atoms in total. The predicted molar refractivity (Wildman–Crippen MR) is 98.9 cm³/mol. The van der Waals surface area contributed by atoms with Gasteiger partial charge in [0.1, 0.15) is 11.4 Å². The average molecular weight is 444 g/mol. The van der Waals surface area contributed by atoms with Gasteiger partial charge in [0, 0.05) is 39.0 Å². The van der Waals surface area contributed by atoms with E-state index in [1.807, 2.05) is 0 Å². The van der Waals surface area contributed by atoms with Crippen molar-refractivity contribution in [2.75, 3.05) is 23.3 Å². The Morgan fingerprint density at radius 1 is 1.35 bits per heavy atom. The third-order valence-electron chi connectivity index (χ3n) is 4.94. The first kappa shape index (κ1) is 21.0. The Labute approximate surface area is 171 Å². The van der Waals surface area contributed by atoms with E-state index in [-0.39, 0.29) is 24.3 Å². The second kappa shape index (κ2) is 7.14. The summed E-state index contributed by atoms with van der Waals surface area (Å²) in [4.78, 5) is 18.5. The second-order valence-electron chi connectivity index (χ2n) is 7.19. The van der Waals surface area contributed by atoms with Crippen molar-refractivity contribution in [3.63, 3.8) is 0 Å². The summed E-state index contributed by atoms with van der Waals surface area (Å²) >= 11 is 0. The predicted octanol–water partition coefficient (Wildman–Crippen LogP) is 1.91. The molecule has 166 valence electrons. The van der Waals surface area contributed by atoms with Crippen molar-refractivity contribution in [2.24, 2.45) is 12.8 Å². The molecule has 4 rings (SSSR count). The van der Waals surface area contributed by atoms with Crippen LogP contribution in [0.5, 0.6) is 0 Å². The number of aromatic nitrogens is 5. The average Bonchev–Trinajstić information content (AvgIpc) is 3.26. The molecule has 3 aromatic rings. The van der Waals surface area contributed by atoms with E-state index in [0.29, 0.717) is 5.82 Å². The Bertz CT molecular complexity index is 1140. The summed E-state index contributed by atoms with van der Waals surface area (Å²) in [7, 11) is 1.29. The van der Waals surface area contributed by atoms with Crippen LogP contribution in [0.2, 0.25) is 0 Å². The molecule has 0 aromatic carbocycles. The van der Waals surface area contributed by atoms with E-state index >= 15 is 0 Å². The Morgan fingerprint density at radius 2 is 2.10 bits per heavy atom. The zero-order valence-electron chi connectivity index (χ0n) is 16.1. The Balaban J connectivity index is 1.62. The van der Waals surface area contributed by atoms with Gasteiger partial charge >= 0.3 is 6.18 Å². The molecule has 1 fully saturated rings. The standard InChI is InChI=1S/C17H17F5N8O/c1-28-7-10(13(27-28)17(20,21)22)25-15(31)9-6-24-30-4-2-12(26-14(9)30)29-5-3-16(18,19)11(23)8-29/h2,4,6-7,11H,3,5,8,23H2,1H3,(H,25,31)/t11-/m1/s1. The summed E-state index contributed by atoms with van der Waals surface area (Å²) in [6.07, 6.45) is -1.56. The molecule has 1 aliphatic rings. The number of nitrogens with two attached hydrogens (primary N) is 1. The van der Waals surface area contributed by atoms with Crippen LogP contribution in [-0.2, 0) is 13.2 Å². The fourth-order valence-electron chi connectivity index (χ4n) is 3.31. The summed E-state index contributed by atoms with van der Waals surface area (Å²) in [5.74, 6) is -3.56. The second-order valence-corrected chi connectivity index (χ2v) is 7.19. The fourth-order valence-corrected chi connectivity index (χ4v) is 3.31. The molecule has 4 heterocycles. The van der Waals surface area contributed by atoms with Gasteiger partial charge in [-0.15, -0.1) is 0 Å². The van der Waals surface area contributed by atoms with Crippen LogP contribution in [0.3, 0.4) is 0 Å². The van der Waals surface area contributed by atoms with Crippen LogP contribution in [0, 0.1) is 0 Å². The molecule has 1 atom stereocenters. The third kappa shape index (κ3) is 3.89. The SMILES string of the molecule is Cn1cc(NC(=O)c2cnn3ccc(N4CCC(F)(F)[C@H](N)C4)nc23)c(C(F)(F)F)n1. The van der Waals surface area contributed by atoms with Crippen LogP contribution >= 0.6 is 0 Å². The zero-order chi connectivity index (χ0) is 22.6. The van der Waals surface area contributed by atoms with Crippen molar-refractivity contribution in [1.29, 1.82) is 0 Å². The molecule has 14 heteroatoms. The van der Waals surface area contributed by atoms with Crippen LogP contribution in [0.15, 0.2) is 24.7 Å². The van der Waals surface area contributed by atoms with Gasteiger partial charge in [-0.1, -0.05) is 0 Å². The summed E-state index contributed by atoms with van der Waals surface area (Å²) in [6, 6.07) is 0.152. The van der Waals surface area contributed by atoms with Crippen LogP contribution in [-0.4, -0.2) is 55.3 Å². The smallest absolute Gasteiger partial charge is 0.354 e. The fraction of sp³-hybridized carbons (Fsp3) is 0.412. The number of hydrogen-bond donors (Lipinski definition) is 2. The van der Waals surface area contributed by atoms with Gasteiger partial charge in [0.05, 0.1) is 17.9 Å². The maximum atomic E-state index is 13.7. The number of piperidine rings is 1. The molecule has 0 saturated carbocycles. The minimum absolute atomic E-state index is 0.00413. The van der Waals surface area contributed by atoms with Crippen LogP contribution in [0.1, 0.15) is 22.5 Å². The summed E-state index contributed by atoms with van der Waals surface area (Å²) in [5.41, 5.74) is 3.76. The molecule has 0 spiro atoms. The van der Waals surface area contributed by atoms with Crippen molar-refractivity contribution >= 4 is 23.1 Å². The molecule has 1 saturated heterocycles. The maximum absolute atomic E-state index is 13.7. The van der Waals surface area contributed by atoms with E-state index < -0.39 is 41.8 Å². The van der Waals surface area contributed by atoms with Crippen molar-refractivity contribution in [2.45, 2.75) is 24.6 Å². The number of carbonyl (C=O) groups excluding carboxylic acids is 1. The van der Waals surface area contributed by atoms with E-state index in [1.165, 1.54) is 23.8 Å². The number of fused-ring (bicyclic) bond motifs is 1. The minimum Gasteiger partial charge on any atom is -0.354 e. The van der Waals surface area contributed by atoms with Gasteiger partial charge < -0.3 is 16.0 Å². The molecular weight excluding hydrogens is 427 g/mol. The van der Waals surface area contributed by atoms with Crippen molar-refractivity contribution in [1.82, 2.24) is 24.4 Å². The number of hydrogen-bond acceptors (Lipinski definition) is 6. The number of nitrogens with one attached hydrogen (secondary N) is 1. The molecule has 1 amide bonds. The van der Waals surface area contributed by atoms with E-state index in [4.69, 9.17) is 5.73 Å². The van der Waals surface area contributed by atoms with Gasteiger partial charge in [-0.3, -0.25) is 9.48 Å². The lowest BCUT2D eigenvalue weighted by Gasteiger charge is -2.37. The zero-order valence-corrected chi connectivity index (χ0v) is 16.1. The Hall–Kier alpha value is -3.29. The number of anilines is 2. The summed E-state index contributed by atoms with van der Waals surface area (Å²) < 4.78 is 68.9. The quantitative estimate of drug-likeness (QED) is 0.598. The van der Waals surface area contributed by atoms with Crippen LogP contribution < -0.4 is 16.0 Å².